The minimum atomic E-state index is -0.469. The molecule has 1 saturated heterocycles. The van der Waals surface area contributed by atoms with Crippen molar-refractivity contribution in [2.24, 2.45) is 0 Å². The number of nitrogens with zero attached hydrogens (tertiary/aromatic N) is 5. The van der Waals surface area contributed by atoms with Gasteiger partial charge in [0, 0.05) is 44.6 Å². The van der Waals surface area contributed by atoms with E-state index in [0.717, 1.165) is 5.56 Å². The van der Waals surface area contributed by atoms with Crippen LogP contribution in [0.3, 0.4) is 0 Å². The fraction of sp³-hybridized carbons (Fsp3) is 0.481. The Hall–Kier alpha value is -4.08. The number of aryl methyl sites for hydroxylation is 1. The van der Waals surface area contributed by atoms with Gasteiger partial charge in [-0.25, -0.2) is 14.8 Å². The first-order valence-electron chi connectivity index (χ1n) is 13.0. The van der Waals surface area contributed by atoms with E-state index in [9.17, 15) is 14.4 Å². The molecule has 39 heavy (non-hydrogen) atoms. The summed E-state index contributed by atoms with van der Waals surface area (Å²) < 4.78 is 10.3. The summed E-state index contributed by atoms with van der Waals surface area (Å²) in [6.45, 7) is 1.59. The molecule has 0 spiro atoms. The molecule has 2 aromatic heterocycles. The number of aromatic nitrogens is 2. The first-order chi connectivity index (χ1) is 18.9. The molecule has 0 unspecified atom stereocenters. The van der Waals surface area contributed by atoms with E-state index in [1.807, 2.05) is 12.1 Å². The third kappa shape index (κ3) is 6.87. The molecule has 0 bridgehead atoms. The fourth-order valence-corrected chi connectivity index (χ4v) is 4.84. The zero-order valence-corrected chi connectivity index (χ0v) is 22.0. The predicted molar refractivity (Wildman–Crippen MR) is 143 cm³/mol. The molecule has 0 radical (unpaired) electrons. The van der Waals surface area contributed by atoms with Gasteiger partial charge in [0.25, 0.3) is 0 Å². The Morgan fingerprint density at radius 3 is 2.74 bits per heavy atom. The van der Waals surface area contributed by atoms with Crippen LogP contribution in [-0.2, 0) is 27.2 Å². The normalized spacial score (nSPS) is 17.1. The van der Waals surface area contributed by atoms with Crippen LogP contribution in [-0.4, -0.2) is 72.6 Å². The van der Waals surface area contributed by atoms with E-state index in [-0.39, 0.29) is 41.8 Å². The summed E-state index contributed by atoms with van der Waals surface area (Å²) in [6.07, 6.45) is 9.24. The lowest BCUT2D eigenvalue weighted by Gasteiger charge is -2.30. The van der Waals surface area contributed by atoms with Crippen LogP contribution in [0.1, 0.15) is 59.3 Å². The van der Waals surface area contributed by atoms with Gasteiger partial charge in [0.2, 0.25) is 5.91 Å². The lowest BCUT2D eigenvalue weighted by atomic mass is 10.0. The highest BCUT2D eigenvalue weighted by atomic mass is 16.5. The maximum atomic E-state index is 12.9. The third-order valence-corrected chi connectivity index (χ3v) is 7.00. The Morgan fingerprint density at radius 1 is 1.31 bits per heavy atom. The number of hydrogen-bond donors (Lipinski definition) is 2. The van der Waals surface area contributed by atoms with Crippen molar-refractivity contribution in [3.63, 3.8) is 0 Å². The number of nitrogens with one attached hydrogen (secondary N) is 1. The van der Waals surface area contributed by atoms with E-state index >= 15 is 0 Å². The highest BCUT2D eigenvalue weighted by Gasteiger charge is 2.27. The van der Waals surface area contributed by atoms with Crippen LogP contribution >= 0.6 is 0 Å². The van der Waals surface area contributed by atoms with Crippen molar-refractivity contribution in [2.45, 2.75) is 51.2 Å². The molecular weight excluding hydrogens is 502 g/mol. The Labute approximate surface area is 227 Å². The second-order valence-electron chi connectivity index (χ2n) is 9.60. The number of carbonyl (C=O) groups excluding carboxylic acids is 3. The van der Waals surface area contributed by atoms with Gasteiger partial charge in [0.05, 0.1) is 24.0 Å². The molecule has 0 aromatic carbocycles. The van der Waals surface area contributed by atoms with Gasteiger partial charge in [-0.15, -0.1) is 0 Å². The molecular formula is C27H33N7O5. The van der Waals surface area contributed by atoms with Crippen molar-refractivity contribution in [3.8, 4) is 6.07 Å². The average molecular weight is 536 g/mol. The van der Waals surface area contributed by atoms with Crippen LogP contribution in [0.15, 0.2) is 18.3 Å². The van der Waals surface area contributed by atoms with Gasteiger partial charge < -0.3 is 20.1 Å². The van der Waals surface area contributed by atoms with Gasteiger partial charge in [0.15, 0.2) is 6.29 Å². The zero-order chi connectivity index (χ0) is 27.8. The van der Waals surface area contributed by atoms with E-state index in [1.165, 1.54) is 42.8 Å². The van der Waals surface area contributed by atoms with E-state index in [2.05, 4.69) is 15.3 Å². The predicted octanol–water partition coefficient (Wildman–Crippen LogP) is 2.66. The number of nitrogens with two attached hydrogens (primary N) is 1. The summed E-state index contributed by atoms with van der Waals surface area (Å²) in [6, 6.07) is 4.70. The van der Waals surface area contributed by atoms with Gasteiger partial charge in [-0.3, -0.25) is 19.8 Å². The molecule has 1 saturated carbocycles. The standard InChI is InChI=1S/C21H21N7O4.C6H12O/c22-8-15-9-24-18(7-16(15)23)26-21(31)28-3-1-2-13-6-14(17(11-29)25-20(13)28)10-27-4-5-32-12-19(27)30;1-7-6-4-2-3-5-6/h6-7,9,11H,1-5,10,12H2,(H3,23,24,26,31);6H,2-5H2,1H3. The van der Waals surface area contributed by atoms with Crippen molar-refractivity contribution in [1.29, 1.82) is 5.26 Å². The molecule has 5 rings (SSSR count). The zero-order valence-electron chi connectivity index (χ0n) is 22.0. The van der Waals surface area contributed by atoms with Crippen LogP contribution in [0.4, 0.5) is 22.1 Å². The Bertz CT molecular complexity index is 1260. The van der Waals surface area contributed by atoms with Gasteiger partial charge in [-0.1, -0.05) is 12.8 Å². The number of urea groups is 1. The summed E-state index contributed by atoms with van der Waals surface area (Å²) in [7, 11) is 1.80. The van der Waals surface area contributed by atoms with E-state index in [4.69, 9.17) is 20.5 Å². The monoisotopic (exact) mass is 535 g/mol. The van der Waals surface area contributed by atoms with Gasteiger partial charge in [-0.05, 0) is 37.3 Å². The lowest BCUT2D eigenvalue weighted by molar-refractivity contribution is -0.143. The molecule has 4 heterocycles. The number of nitrogen functional groups attached to an aromatic ring is 1. The Balaban J connectivity index is 0.000000438. The number of anilines is 3. The second-order valence-corrected chi connectivity index (χ2v) is 9.60. The van der Waals surface area contributed by atoms with Crippen molar-refractivity contribution in [3.05, 3.63) is 40.7 Å². The smallest absolute Gasteiger partial charge is 0.328 e. The Kier molecular flexibility index (Phi) is 9.40. The first-order valence-corrected chi connectivity index (χ1v) is 13.0. The number of rotatable bonds is 5. The van der Waals surface area contributed by atoms with Gasteiger partial charge in [-0.2, -0.15) is 5.26 Å². The van der Waals surface area contributed by atoms with Gasteiger partial charge >= 0.3 is 6.03 Å². The Morgan fingerprint density at radius 2 is 2.10 bits per heavy atom. The van der Waals surface area contributed by atoms with Crippen LogP contribution < -0.4 is 16.0 Å². The SMILES string of the molecule is COC1CCCC1.N#Cc1cnc(NC(=O)N2CCCc3cc(CN4CCOCC4=O)c(C=O)nc32)cc1N. The highest BCUT2D eigenvalue weighted by Crippen LogP contribution is 2.29. The van der Waals surface area contributed by atoms with E-state index < -0.39 is 6.03 Å². The summed E-state index contributed by atoms with van der Waals surface area (Å²) in [4.78, 5) is 48.3. The van der Waals surface area contributed by atoms with Crippen LogP contribution in [0.2, 0.25) is 0 Å². The molecule has 2 aliphatic heterocycles. The number of aldehydes is 1. The van der Waals surface area contributed by atoms with Gasteiger partial charge in [0.1, 0.15) is 30.0 Å². The van der Waals surface area contributed by atoms with E-state index in [0.29, 0.717) is 56.3 Å². The molecule has 2 aromatic rings. The minimum Gasteiger partial charge on any atom is -0.398 e. The highest BCUT2D eigenvalue weighted by molar-refractivity contribution is 6.01. The second kappa shape index (κ2) is 13.1. The molecule has 3 aliphatic rings. The molecule has 12 heteroatoms. The number of pyridine rings is 2. The molecule has 3 amide bonds. The van der Waals surface area contributed by atoms with Crippen LogP contribution in [0, 0.1) is 11.3 Å². The molecule has 0 atom stereocenters. The number of methoxy groups -OCH3 is 1. The lowest BCUT2D eigenvalue weighted by Crippen LogP contribution is -2.42. The van der Waals surface area contributed by atoms with Crippen molar-refractivity contribution >= 4 is 35.5 Å². The molecule has 2 fully saturated rings. The number of fused-ring (bicyclic) bond motifs is 1. The molecule has 1 aliphatic carbocycles. The number of ether oxygens (including phenoxy) is 2. The summed E-state index contributed by atoms with van der Waals surface area (Å²) in [5.41, 5.74) is 7.86. The number of amides is 3. The van der Waals surface area contributed by atoms with Crippen molar-refractivity contribution < 1.29 is 23.9 Å². The minimum absolute atomic E-state index is 0.0244. The quantitative estimate of drug-likeness (QED) is 0.548. The van der Waals surface area contributed by atoms with Crippen molar-refractivity contribution in [2.75, 3.05) is 49.4 Å². The average Bonchev–Trinajstić information content (AvgIpc) is 3.48. The van der Waals surface area contributed by atoms with Crippen LogP contribution in [0.25, 0.3) is 0 Å². The number of carbonyl (C=O) groups is 3. The summed E-state index contributed by atoms with van der Waals surface area (Å²) >= 11 is 0. The summed E-state index contributed by atoms with van der Waals surface area (Å²) in [5, 5.41) is 11.6. The van der Waals surface area contributed by atoms with Crippen LogP contribution in [0.5, 0.6) is 0 Å². The van der Waals surface area contributed by atoms with E-state index in [1.54, 1.807) is 12.0 Å². The molecule has 3 N–H and O–H groups in total. The molecule has 12 nitrogen and oxygen atoms in total. The molecule has 206 valence electrons. The maximum Gasteiger partial charge on any atom is 0.328 e. The number of hydrogen-bond acceptors (Lipinski definition) is 9. The first kappa shape index (κ1) is 27.9. The maximum absolute atomic E-state index is 12.9. The summed E-state index contributed by atoms with van der Waals surface area (Å²) in [5.74, 6) is 0.465. The number of morpholine rings is 1. The number of nitriles is 1. The van der Waals surface area contributed by atoms with Crippen molar-refractivity contribution in [1.82, 2.24) is 14.9 Å². The largest absolute Gasteiger partial charge is 0.398 e. The fourth-order valence-electron chi connectivity index (χ4n) is 4.84. The third-order valence-electron chi connectivity index (χ3n) is 7.00. The topological polar surface area (TPSA) is 164 Å².